The van der Waals surface area contributed by atoms with E-state index in [-0.39, 0.29) is 22.4 Å². The molecule has 0 aromatic heterocycles. The van der Waals surface area contributed by atoms with Crippen molar-refractivity contribution >= 4 is 5.97 Å². The number of nitrogens with zero attached hydrogens (tertiary/aromatic N) is 1. The van der Waals surface area contributed by atoms with Crippen LogP contribution in [0.1, 0.15) is 21.5 Å². The van der Waals surface area contributed by atoms with Gasteiger partial charge in [-0.2, -0.15) is 5.26 Å². The molecule has 0 heterocycles. The number of carbonyl (C=O) groups is 1. The Kier molecular flexibility index (Phi) is 3.26. The third kappa shape index (κ3) is 2.06. The summed E-state index contributed by atoms with van der Waals surface area (Å²) in [6.07, 6.45) is 0. The molecule has 1 rings (SSSR count). The Labute approximate surface area is 86.1 Å². The van der Waals surface area contributed by atoms with Crippen LogP contribution in [0.4, 0.5) is 0 Å². The van der Waals surface area contributed by atoms with Gasteiger partial charge in [-0.3, -0.25) is 0 Å². The molecule has 0 radical (unpaired) electrons. The molecule has 0 unspecified atom stereocenters. The molecule has 0 aliphatic heterocycles. The van der Waals surface area contributed by atoms with Crippen LogP contribution < -0.4 is 0 Å². The van der Waals surface area contributed by atoms with Gasteiger partial charge in [-0.05, 0) is 17.7 Å². The number of hydrogen-bond acceptors (Lipinski definition) is 5. The highest BCUT2D eigenvalue weighted by Gasteiger charge is 2.15. The number of phenols is 1. The zero-order valence-electron chi connectivity index (χ0n) is 8.02. The van der Waals surface area contributed by atoms with Crippen LogP contribution in [-0.2, 0) is 11.3 Å². The zero-order valence-corrected chi connectivity index (χ0v) is 8.02. The maximum atomic E-state index is 11.2. The average Bonchev–Trinajstić information content (AvgIpc) is 2.27. The predicted molar refractivity (Wildman–Crippen MR) is 50.1 cm³/mol. The molecular weight excluding hydrogens is 198 g/mol. The summed E-state index contributed by atoms with van der Waals surface area (Å²) >= 11 is 0. The molecule has 0 spiro atoms. The first-order valence-electron chi connectivity index (χ1n) is 4.09. The largest absolute Gasteiger partial charge is 0.507 e. The van der Waals surface area contributed by atoms with Gasteiger partial charge >= 0.3 is 5.97 Å². The molecule has 78 valence electrons. The lowest BCUT2D eigenvalue weighted by molar-refractivity contribution is 0.0596. The third-order valence-electron chi connectivity index (χ3n) is 1.92. The van der Waals surface area contributed by atoms with Crippen LogP contribution in [0.3, 0.4) is 0 Å². The molecule has 1 aromatic carbocycles. The molecule has 0 saturated heterocycles. The quantitative estimate of drug-likeness (QED) is 0.691. The Hall–Kier alpha value is -2.06. The van der Waals surface area contributed by atoms with Crippen molar-refractivity contribution in [3.63, 3.8) is 0 Å². The van der Waals surface area contributed by atoms with Crippen molar-refractivity contribution in [1.82, 2.24) is 0 Å². The number of esters is 1. The molecular formula is C10H9NO4. The number of phenolic OH excluding ortho intramolecular Hbond substituents is 1. The van der Waals surface area contributed by atoms with E-state index >= 15 is 0 Å². The number of rotatable bonds is 2. The number of methoxy groups -OCH3 is 1. The number of hydrogen-bond donors (Lipinski definition) is 2. The van der Waals surface area contributed by atoms with Gasteiger partial charge in [0.2, 0.25) is 0 Å². The number of benzene rings is 1. The van der Waals surface area contributed by atoms with Crippen molar-refractivity contribution in [3.8, 4) is 11.8 Å². The Morgan fingerprint density at radius 2 is 2.27 bits per heavy atom. The summed E-state index contributed by atoms with van der Waals surface area (Å²) in [5.74, 6) is -0.978. The van der Waals surface area contributed by atoms with Crippen LogP contribution >= 0.6 is 0 Å². The number of ether oxygens (including phenoxy) is 1. The number of nitriles is 1. The van der Waals surface area contributed by atoms with E-state index in [2.05, 4.69) is 4.74 Å². The zero-order chi connectivity index (χ0) is 11.4. The van der Waals surface area contributed by atoms with Crippen LogP contribution in [0.25, 0.3) is 0 Å². The minimum atomic E-state index is -0.668. The molecule has 0 amide bonds. The van der Waals surface area contributed by atoms with E-state index in [0.717, 1.165) is 6.07 Å². The Bertz CT molecular complexity index is 434. The lowest BCUT2D eigenvalue weighted by atomic mass is 10.0. The van der Waals surface area contributed by atoms with Gasteiger partial charge in [-0.25, -0.2) is 4.79 Å². The molecule has 2 N–H and O–H groups in total. The number of aromatic hydroxyl groups is 1. The molecule has 5 nitrogen and oxygen atoms in total. The predicted octanol–water partition coefficient (Wildman–Crippen LogP) is 0.543. The first kappa shape index (κ1) is 11.0. The van der Waals surface area contributed by atoms with Crippen LogP contribution in [0.5, 0.6) is 5.75 Å². The summed E-state index contributed by atoms with van der Waals surface area (Å²) in [7, 11) is 1.19. The van der Waals surface area contributed by atoms with Crippen molar-refractivity contribution in [3.05, 3.63) is 28.8 Å². The summed E-state index contributed by atoms with van der Waals surface area (Å²) in [6, 6.07) is 4.10. The summed E-state index contributed by atoms with van der Waals surface area (Å²) < 4.78 is 4.46. The monoisotopic (exact) mass is 207 g/mol. The summed E-state index contributed by atoms with van der Waals surface area (Å²) in [5.41, 5.74) is 0.305. The fourth-order valence-electron chi connectivity index (χ4n) is 1.15. The van der Waals surface area contributed by atoms with Gasteiger partial charge in [0.15, 0.2) is 0 Å². The lowest BCUT2D eigenvalue weighted by Gasteiger charge is -2.06. The van der Waals surface area contributed by atoms with E-state index in [4.69, 9.17) is 10.4 Å². The minimum Gasteiger partial charge on any atom is -0.507 e. The van der Waals surface area contributed by atoms with Crippen molar-refractivity contribution in [2.45, 2.75) is 6.61 Å². The average molecular weight is 207 g/mol. The van der Waals surface area contributed by atoms with Gasteiger partial charge in [-0.1, -0.05) is 0 Å². The Morgan fingerprint density at radius 3 is 2.73 bits per heavy atom. The van der Waals surface area contributed by atoms with Crippen LogP contribution in [0.2, 0.25) is 0 Å². The molecule has 0 saturated carbocycles. The van der Waals surface area contributed by atoms with Gasteiger partial charge in [-0.15, -0.1) is 0 Å². The first-order chi connectivity index (χ1) is 7.13. The lowest BCUT2D eigenvalue weighted by Crippen LogP contribution is -2.06. The molecule has 15 heavy (non-hydrogen) atoms. The Morgan fingerprint density at radius 1 is 1.60 bits per heavy atom. The second kappa shape index (κ2) is 4.44. The second-order valence-electron chi connectivity index (χ2n) is 2.79. The standard InChI is InChI=1S/C10H9NO4/c1-15-10(14)8-3-9(13)6(4-11)2-7(8)5-12/h2-3,12-13H,5H2,1H3. The highest BCUT2D eigenvalue weighted by molar-refractivity contribution is 5.91. The van der Waals surface area contributed by atoms with E-state index in [1.54, 1.807) is 6.07 Å². The number of carbonyl (C=O) groups excluding carboxylic acids is 1. The molecule has 0 fully saturated rings. The van der Waals surface area contributed by atoms with E-state index in [9.17, 15) is 9.90 Å². The fourth-order valence-corrected chi connectivity index (χ4v) is 1.15. The van der Waals surface area contributed by atoms with Gasteiger partial charge in [0.25, 0.3) is 0 Å². The maximum absolute atomic E-state index is 11.2. The third-order valence-corrected chi connectivity index (χ3v) is 1.92. The second-order valence-corrected chi connectivity index (χ2v) is 2.79. The SMILES string of the molecule is COC(=O)c1cc(O)c(C#N)cc1CO. The molecule has 0 aliphatic carbocycles. The van der Waals surface area contributed by atoms with E-state index in [0.29, 0.717) is 0 Å². The number of aliphatic hydroxyl groups excluding tert-OH is 1. The van der Waals surface area contributed by atoms with E-state index in [1.807, 2.05) is 0 Å². The highest BCUT2D eigenvalue weighted by Crippen LogP contribution is 2.22. The van der Waals surface area contributed by atoms with Gasteiger partial charge < -0.3 is 14.9 Å². The van der Waals surface area contributed by atoms with Crippen LogP contribution in [0.15, 0.2) is 12.1 Å². The fraction of sp³-hybridized carbons (Fsp3) is 0.200. The van der Waals surface area contributed by atoms with Crippen molar-refractivity contribution < 1.29 is 19.7 Å². The molecule has 1 aromatic rings. The molecule has 0 aliphatic rings. The van der Waals surface area contributed by atoms with Crippen molar-refractivity contribution in [1.29, 1.82) is 5.26 Å². The van der Waals surface area contributed by atoms with Gasteiger partial charge in [0.1, 0.15) is 11.8 Å². The van der Waals surface area contributed by atoms with Crippen molar-refractivity contribution in [2.24, 2.45) is 0 Å². The Balaban J connectivity index is 3.35. The highest BCUT2D eigenvalue weighted by atomic mass is 16.5. The minimum absolute atomic E-state index is 0.00621. The topological polar surface area (TPSA) is 90.5 Å². The molecule has 5 heteroatoms. The van der Waals surface area contributed by atoms with E-state index < -0.39 is 12.6 Å². The molecule has 0 atom stereocenters. The van der Waals surface area contributed by atoms with Crippen LogP contribution in [-0.4, -0.2) is 23.3 Å². The summed E-state index contributed by atoms with van der Waals surface area (Å²) in [6.45, 7) is -0.403. The normalized spacial score (nSPS) is 9.40. The van der Waals surface area contributed by atoms with Crippen molar-refractivity contribution in [2.75, 3.05) is 7.11 Å². The van der Waals surface area contributed by atoms with Crippen LogP contribution in [0, 0.1) is 11.3 Å². The summed E-state index contributed by atoms with van der Waals surface area (Å²) in [5, 5.41) is 26.9. The maximum Gasteiger partial charge on any atom is 0.338 e. The first-order valence-corrected chi connectivity index (χ1v) is 4.09. The smallest absolute Gasteiger partial charge is 0.338 e. The van der Waals surface area contributed by atoms with Gasteiger partial charge in [0, 0.05) is 0 Å². The van der Waals surface area contributed by atoms with Gasteiger partial charge in [0.05, 0.1) is 24.8 Å². The van der Waals surface area contributed by atoms with E-state index in [1.165, 1.54) is 13.2 Å². The summed E-state index contributed by atoms with van der Waals surface area (Å²) in [4.78, 5) is 11.2. The number of aliphatic hydroxyl groups is 1. The molecule has 0 bridgehead atoms.